The van der Waals surface area contributed by atoms with E-state index in [1.165, 1.54) is 38.8 Å². The third kappa shape index (κ3) is 8.90. The second kappa shape index (κ2) is 13.7. The van der Waals surface area contributed by atoms with E-state index in [9.17, 15) is 4.79 Å². The van der Waals surface area contributed by atoms with Crippen LogP contribution in [0.4, 0.5) is 0 Å². The number of pyridine rings is 1. The normalized spacial score (nSPS) is 15.8. The molecule has 0 fully saturated rings. The highest BCUT2D eigenvalue weighted by Gasteiger charge is 2.26. The molecule has 1 aliphatic rings. The number of fused-ring (bicyclic) bond motifs is 1. The van der Waals surface area contributed by atoms with Crippen LogP contribution < -0.4 is 0 Å². The zero-order chi connectivity index (χ0) is 22.5. The molecule has 0 aromatic carbocycles. The second-order valence-corrected chi connectivity index (χ2v) is 7.70. The Bertz CT molecular complexity index is 675. The van der Waals surface area contributed by atoms with Gasteiger partial charge in [-0.15, -0.1) is 0 Å². The Hall–Kier alpha value is -2.48. The van der Waals surface area contributed by atoms with Crippen LogP contribution in [0.3, 0.4) is 0 Å². The van der Waals surface area contributed by atoms with Gasteiger partial charge in [-0.05, 0) is 63.4 Å². The first-order chi connectivity index (χ1) is 14.3. The molecule has 0 aliphatic carbocycles. The molecule has 0 saturated carbocycles. The van der Waals surface area contributed by atoms with Crippen LogP contribution in [0.15, 0.2) is 18.3 Å². The summed E-state index contributed by atoms with van der Waals surface area (Å²) in [6.45, 7) is 8.89. The van der Waals surface area contributed by atoms with Crippen LogP contribution >= 0.6 is 0 Å². The summed E-state index contributed by atoms with van der Waals surface area (Å²) in [5, 5.41) is 14.8. The van der Waals surface area contributed by atoms with Crippen molar-refractivity contribution in [3.63, 3.8) is 0 Å². The van der Waals surface area contributed by atoms with Crippen molar-refractivity contribution < 1.29 is 24.6 Å². The zero-order valence-corrected chi connectivity index (χ0v) is 18.3. The van der Waals surface area contributed by atoms with Crippen molar-refractivity contribution >= 4 is 17.8 Å². The molecular weight excluding hydrogens is 386 g/mol. The number of aromatic nitrogens is 1. The SMILES string of the molecule is CCCCN(CCCC)CCC1Cc2ncccc2C(=O)N(C)C1.O=C(O)C(=O)O. The van der Waals surface area contributed by atoms with Gasteiger partial charge in [-0.3, -0.25) is 9.78 Å². The van der Waals surface area contributed by atoms with Crippen LogP contribution in [0.1, 0.15) is 62.0 Å². The number of carbonyl (C=O) groups is 3. The molecule has 2 heterocycles. The van der Waals surface area contributed by atoms with Crippen molar-refractivity contribution in [1.29, 1.82) is 0 Å². The van der Waals surface area contributed by atoms with Crippen molar-refractivity contribution in [3.05, 3.63) is 29.6 Å². The molecule has 0 radical (unpaired) electrons. The zero-order valence-electron chi connectivity index (χ0n) is 18.3. The van der Waals surface area contributed by atoms with Gasteiger partial charge < -0.3 is 20.0 Å². The molecule has 1 amide bonds. The maximum Gasteiger partial charge on any atom is 0.414 e. The van der Waals surface area contributed by atoms with Crippen LogP contribution in [0.25, 0.3) is 0 Å². The fraction of sp³-hybridized carbons (Fsp3) is 0.636. The number of nitrogens with zero attached hydrogens (tertiary/aromatic N) is 3. The lowest BCUT2D eigenvalue weighted by molar-refractivity contribution is -0.159. The van der Waals surface area contributed by atoms with Gasteiger partial charge in [0, 0.05) is 19.8 Å². The first-order valence-corrected chi connectivity index (χ1v) is 10.7. The summed E-state index contributed by atoms with van der Waals surface area (Å²) < 4.78 is 0. The van der Waals surface area contributed by atoms with E-state index >= 15 is 0 Å². The van der Waals surface area contributed by atoms with Gasteiger partial charge in [-0.1, -0.05) is 26.7 Å². The van der Waals surface area contributed by atoms with Gasteiger partial charge in [-0.2, -0.15) is 0 Å². The van der Waals surface area contributed by atoms with Crippen LogP contribution in [-0.2, 0) is 16.0 Å². The van der Waals surface area contributed by atoms with Gasteiger partial charge in [-0.25, -0.2) is 9.59 Å². The smallest absolute Gasteiger partial charge is 0.414 e. The highest BCUT2D eigenvalue weighted by molar-refractivity contribution is 6.27. The number of hydrogen-bond donors (Lipinski definition) is 2. The number of amides is 1. The summed E-state index contributed by atoms with van der Waals surface area (Å²) in [5.41, 5.74) is 1.77. The molecule has 0 saturated heterocycles. The lowest BCUT2D eigenvalue weighted by Gasteiger charge is -2.26. The molecule has 1 atom stereocenters. The minimum absolute atomic E-state index is 0.120. The van der Waals surface area contributed by atoms with Crippen LogP contribution in [0.2, 0.25) is 0 Å². The Morgan fingerprint density at radius 3 is 2.27 bits per heavy atom. The molecule has 0 bridgehead atoms. The van der Waals surface area contributed by atoms with E-state index in [-0.39, 0.29) is 5.91 Å². The molecule has 168 valence electrons. The van der Waals surface area contributed by atoms with Crippen molar-refractivity contribution in [2.45, 2.75) is 52.4 Å². The molecule has 1 aromatic rings. The standard InChI is InChI=1S/C20H33N3O.C2H2O4/c1-4-6-12-23(13-7-5-2)14-10-17-15-19-18(9-8-11-21-19)20(24)22(3)16-17;3-1(4)2(5)6/h8-9,11,17H,4-7,10,12-16H2,1-3H3;(H,3,4)(H,5,6). The molecule has 8 heteroatoms. The molecule has 2 N–H and O–H groups in total. The highest BCUT2D eigenvalue weighted by atomic mass is 16.4. The average molecular weight is 422 g/mol. The Morgan fingerprint density at radius 1 is 1.13 bits per heavy atom. The van der Waals surface area contributed by atoms with Crippen LogP contribution in [-0.4, -0.2) is 76.1 Å². The van der Waals surface area contributed by atoms with E-state index in [4.69, 9.17) is 19.8 Å². The molecule has 2 rings (SSSR count). The summed E-state index contributed by atoms with van der Waals surface area (Å²) in [5.74, 6) is -3.03. The third-order valence-corrected chi connectivity index (χ3v) is 5.17. The number of unbranched alkanes of at least 4 members (excludes halogenated alkanes) is 2. The van der Waals surface area contributed by atoms with E-state index in [2.05, 4.69) is 23.7 Å². The maximum atomic E-state index is 12.5. The van der Waals surface area contributed by atoms with Gasteiger partial charge in [0.15, 0.2) is 0 Å². The van der Waals surface area contributed by atoms with Gasteiger partial charge >= 0.3 is 11.9 Å². The van der Waals surface area contributed by atoms with Crippen LogP contribution in [0.5, 0.6) is 0 Å². The Morgan fingerprint density at radius 2 is 1.73 bits per heavy atom. The molecule has 8 nitrogen and oxygen atoms in total. The number of carboxylic acid groups (broad SMARTS) is 2. The predicted octanol–water partition coefficient (Wildman–Crippen LogP) is 2.77. The van der Waals surface area contributed by atoms with Gasteiger partial charge in [0.25, 0.3) is 5.91 Å². The lowest BCUT2D eigenvalue weighted by atomic mass is 9.98. The summed E-state index contributed by atoms with van der Waals surface area (Å²) >= 11 is 0. The van der Waals surface area contributed by atoms with E-state index in [1.807, 2.05) is 30.3 Å². The van der Waals surface area contributed by atoms with Crippen molar-refractivity contribution in [2.24, 2.45) is 5.92 Å². The summed E-state index contributed by atoms with van der Waals surface area (Å²) in [7, 11) is 1.92. The molecule has 1 unspecified atom stereocenters. The first kappa shape index (κ1) is 25.6. The maximum absolute atomic E-state index is 12.5. The molecule has 30 heavy (non-hydrogen) atoms. The van der Waals surface area contributed by atoms with E-state index in [0.29, 0.717) is 5.92 Å². The Balaban J connectivity index is 0.000000656. The fourth-order valence-corrected chi connectivity index (χ4v) is 3.47. The first-order valence-electron chi connectivity index (χ1n) is 10.7. The number of carboxylic acids is 2. The minimum atomic E-state index is -1.82. The van der Waals surface area contributed by atoms with E-state index < -0.39 is 11.9 Å². The average Bonchev–Trinajstić information content (AvgIpc) is 2.84. The Kier molecular flexibility index (Phi) is 11.7. The van der Waals surface area contributed by atoms with Crippen molar-refractivity contribution in [3.8, 4) is 0 Å². The number of rotatable bonds is 9. The number of hydrogen-bond acceptors (Lipinski definition) is 5. The number of aliphatic carboxylic acids is 2. The van der Waals surface area contributed by atoms with Gasteiger partial charge in [0.1, 0.15) is 0 Å². The monoisotopic (exact) mass is 421 g/mol. The molecule has 1 aromatic heterocycles. The van der Waals surface area contributed by atoms with Gasteiger partial charge in [0.05, 0.1) is 11.3 Å². The van der Waals surface area contributed by atoms with Gasteiger partial charge in [0.2, 0.25) is 0 Å². The number of carbonyl (C=O) groups excluding carboxylic acids is 1. The van der Waals surface area contributed by atoms with Crippen molar-refractivity contribution in [2.75, 3.05) is 33.2 Å². The topological polar surface area (TPSA) is 111 Å². The Labute approximate surface area is 178 Å². The summed E-state index contributed by atoms with van der Waals surface area (Å²) in [6, 6.07) is 3.78. The highest BCUT2D eigenvalue weighted by Crippen LogP contribution is 2.22. The van der Waals surface area contributed by atoms with Crippen LogP contribution in [0, 0.1) is 5.92 Å². The third-order valence-electron chi connectivity index (χ3n) is 5.17. The second-order valence-electron chi connectivity index (χ2n) is 7.70. The summed E-state index contributed by atoms with van der Waals surface area (Å²) in [4.78, 5) is 39.6. The fourth-order valence-electron chi connectivity index (χ4n) is 3.47. The van der Waals surface area contributed by atoms with E-state index in [1.54, 1.807) is 0 Å². The summed E-state index contributed by atoms with van der Waals surface area (Å²) in [6.07, 6.45) is 8.92. The predicted molar refractivity (Wildman–Crippen MR) is 115 cm³/mol. The van der Waals surface area contributed by atoms with Crippen molar-refractivity contribution in [1.82, 2.24) is 14.8 Å². The molecule has 1 aliphatic heterocycles. The molecule has 0 spiro atoms. The minimum Gasteiger partial charge on any atom is -0.473 e. The molecular formula is C22H35N3O5. The quantitative estimate of drug-likeness (QED) is 0.590. The largest absolute Gasteiger partial charge is 0.473 e. The van der Waals surface area contributed by atoms with E-state index in [0.717, 1.165) is 37.2 Å². The lowest BCUT2D eigenvalue weighted by Crippen LogP contribution is -2.33.